The number of nitrogens with zero attached hydrogens (tertiary/aromatic N) is 3. The number of non-ortho nitro benzene ring substituents is 1. The minimum atomic E-state index is -0.993. The molecule has 10 heteroatoms. The Labute approximate surface area is 222 Å². The van der Waals surface area contributed by atoms with Crippen molar-refractivity contribution in [3.05, 3.63) is 106 Å². The molecule has 10 nitrogen and oxygen atoms in total. The summed E-state index contributed by atoms with van der Waals surface area (Å²) in [6.07, 6.45) is 3.60. The number of amides is 2. The third-order valence-corrected chi connectivity index (χ3v) is 7.45. The van der Waals surface area contributed by atoms with Crippen molar-refractivity contribution in [3.8, 4) is 5.75 Å². The molecule has 3 aromatic carbocycles. The SMILES string of the molecule is CC(=O)Oc1ccc(N2C(=O)[C@@H]3[C@H](C2=O)[C@H]2c4ccccc4C=CN2[C@@H]3C(=O)c2ccc([N+](=O)[O-])cc2)cc1. The molecule has 0 radical (unpaired) electrons. The largest absolute Gasteiger partial charge is 0.427 e. The van der Waals surface area contributed by atoms with Crippen molar-refractivity contribution in [3.63, 3.8) is 0 Å². The first-order valence-electron chi connectivity index (χ1n) is 12.3. The van der Waals surface area contributed by atoms with E-state index >= 15 is 0 Å². The molecule has 0 aliphatic carbocycles. The molecular formula is C29H21N3O7. The van der Waals surface area contributed by atoms with E-state index in [2.05, 4.69) is 0 Å². The Morgan fingerprint density at radius 3 is 2.23 bits per heavy atom. The van der Waals surface area contributed by atoms with E-state index < -0.39 is 52.4 Å². The first-order chi connectivity index (χ1) is 18.8. The molecule has 2 amide bonds. The summed E-state index contributed by atoms with van der Waals surface area (Å²) in [5.41, 5.74) is 2.09. The number of nitro groups is 1. The molecule has 4 atom stereocenters. The van der Waals surface area contributed by atoms with Crippen molar-refractivity contribution in [2.45, 2.75) is 19.0 Å². The molecule has 6 rings (SSSR count). The molecule has 0 bridgehead atoms. The van der Waals surface area contributed by atoms with Crippen molar-refractivity contribution < 1.29 is 28.8 Å². The summed E-state index contributed by atoms with van der Waals surface area (Å²) >= 11 is 0. The summed E-state index contributed by atoms with van der Waals surface area (Å²) in [6, 6.07) is 17.3. The third-order valence-electron chi connectivity index (χ3n) is 7.45. The van der Waals surface area contributed by atoms with Crippen LogP contribution in [0.25, 0.3) is 6.08 Å². The number of fused-ring (bicyclic) bond motifs is 5. The number of ketones is 1. The number of nitro benzene ring substituents is 1. The monoisotopic (exact) mass is 523 g/mol. The maximum Gasteiger partial charge on any atom is 0.308 e. The number of rotatable bonds is 5. The van der Waals surface area contributed by atoms with Crippen LogP contribution in [0.2, 0.25) is 0 Å². The van der Waals surface area contributed by atoms with E-state index in [1.165, 1.54) is 55.5 Å². The van der Waals surface area contributed by atoms with Gasteiger partial charge in [0.1, 0.15) is 11.8 Å². The van der Waals surface area contributed by atoms with Gasteiger partial charge in [0.05, 0.1) is 28.5 Å². The van der Waals surface area contributed by atoms with Gasteiger partial charge in [0, 0.05) is 30.8 Å². The summed E-state index contributed by atoms with van der Waals surface area (Å²) in [5, 5.41) is 11.1. The van der Waals surface area contributed by atoms with Crippen molar-refractivity contribution in [2.24, 2.45) is 11.8 Å². The second-order valence-electron chi connectivity index (χ2n) is 9.60. The fourth-order valence-electron chi connectivity index (χ4n) is 5.86. The maximum atomic E-state index is 13.9. The summed E-state index contributed by atoms with van der Waals surface area (Å²) in [5.74, 6) is -3.37. The third kappa shape index (κ3) is 3.80. The van der Waals surface area contributed by atoms with Gasteiger partial charge >= 0.3 is 5.97 Å². The molecule has 2 saturated heterocycles. The summed E-state index contributed by atoms with van der Waals surface area (Å²) < 4.78 is 5.06. The lowest BCUT2D eigenvalue weighted by molar-refractivity contribution is -0.384. The van der Waals surface area contributed by atoms with E-state index in [0.717, 1.165) is 16.0 Å². The molecular weight excluding hydrogens is 502 g/mol. The molecule has 0 spiro atoms. The smallest absolute Gasteiger partial charge is 0.308 e. The highest BCUT2D eigenvalue weighted by Crippen LogP contribution is 2.53. The van der Waals surface area contributed by atoms with E-state index in [1.54, 1.807) is 11.1 Å². The van der Waals surface area contributed by atoms with Crippen LogP contribution in [0, 0.1) is 22.0 Å². The van der Waals surface area contributed by atoms with Gasteiger partial charge in [0.15, 0.2) is 5.78 Å². The Morgan fingerprint density at radius 2 is 1.56 bits per heavy atom. The van der Waals surface area contributed by atoms with Gasteiger partial charge in [0.25, 0.3) is 5.69 Å². The van der Waals surface area contributed by atoms with Crippen LogP contribution in [-0.4, -0.2) is 39.4 Å². The first kappa shape index (κ1) is 24.2. The maximum absolute atomic E-state index is 13.9. The minimum Gasteiger partial charge on any atom is -0.427 e. The lowest BCUT2D eigenvalue weighted by Gasteiger charge is -2.35. The molecule has 3 aromatic rings. The number of carbonyl (C=O) groups is 4. The Kier molecular flexibility index (Phi) is 5.60. The van der Waals surface area contributed by atoms with Gasteiger partial charge in [-0.15, -0.1) is 0 Å². The Hall–Kier alpha value is -5.12. The highest BCUT2D eigenvalue weighted by Gasteiger charge is 2.64. The van der Waals surface area contributed by atoms with Crippen molar-refractivity contribution in [1.29, 1.82) is 0 Å². The van der Waals surface area contributed by atoms with Crippen LogP contribution < -0.4 is 9.64 Å². The van der Waals surface area contributed by atoms with Crippen molar-refractivity contribution >= 4 is 41.0 Å². The van der Waals surface area contributed by atoms with Crippen LogP contribution in [0.4, 0.5) is 11.4 Å². The molecule has 2 fully saturated rings. The average molecular weight is 524 g/mol. The first-order valence-corrected chi connectivity index (χ1v) is 12.3. The highest BCUT2D eigenvalue weighted by atomic mass is 16.6. The molecule has 0 unspecified atom stereocenters. The number of imide groups is 1. The Bertz CT molecular complexity index is 1580. The van der Waals surface area contributed by atoms with Crippen molar-refractivity contribution in [1.82, 2.24) is 4.90 Å². The van der Waals surface area contributed by atoms with Gasteiger partial charge < -0.3 is 9.64 Å². The predicted octanol–water partition coefficient (Wildman–Crippen LogP) is 3.92. The summed E-state index contributed by atoms with van der Waals surface area (Å²) in [4.78, 5) is 66.5. The number of carbonyl (C=O) groups excluding carboxylic acids is 4. The number of esters is 1. The van der Waals surface area contributed by atoms with Crippen molar-refractivity contribution in [2.75, 3.05) is 4.90 Å². The van der Waals surface area contributed by atoms with Crippen LogP contribution >= 0.6 is 0 Å². The highest BCUT2D eigenvalue weighted by molar-refractivity contribution is 6.24. The van der Waals surface area contributed by atoms with Crippen LogP contribution in [0.15, 0.2) is 79.0 Å². The zero-order valence-electron chi connectivity index (χ0n) is 20.6. The van der Waals surface area contributed by atoms with Gasteiger partial charge in [0.2, 0.25) is 11.8 Å². The minimum absolute atomic E-state index is 0.156. The molecule has 3 aliphatic rings. The number of ether oxygens (including phenoxy) is 1. The molecule has 39 heavy (non-hydrogen) atoms. The second-order valence-corrected chi connectivity index (χ2v) is 9.60. The lowest BCUT2D eigenvalue weighted by Crippen LogP contribution is -2.44. The van der Waals surface area contributed by atoms with Gasteiger partial charge in [-0.2, -0.15) is 0 Å². The molecule has 0 aromatic heterocycles. The molecule has 3 heterocycles. The quantitative estimate of drug-likeness (QED) is 0.123. The van der Waals surface area contributed by atoms with Crippen LogP contribution in [0.1, 0.15) is 34.5 Å². The normalized spacial score (nSPS) is 22.8. The molecule has 194 valence electrons. The Balaban J connectivity index is 1.42. The second kappa shape index (κ2) is 9.02. The van der Waals surface area contributed by atoms with Crippen LogP contribution in [0.5, 0.6) is 5.75 Å². The molecule has 0 saturated carbocycles. The van der Waals surface area contributed by atoms with E-state index in [4.69, 9.17) is 4.74 Å². The fraction of sp³-hybridized carbons (Fsp3) is 0.172. The Morgan fingerprint density at radius 1 is 0.897 bits per heavy atom. The summed E-state index contributed by atoms with van der Waals surface area (Å²) in [6.45, 7) is 1.27. The average Bonchev–Trinajstić information content (AvgIpc) is 3.41. The van der Waals surface area contributed by atoms with Gasteiger partial charge in [-0.05, 0) is 53.6 Å². The number of benzene rings is 3. The van der Waals surface area contributed by atoms with Gasteiger partial charge in [-0.3, -0.25) is 29.3 Å². The predicted molar refractivity (Wildman–Crippen MR) is 138 cm³/mol. The van der Waals surface area contributed by atoms with E-state index in [0.29, 0.717) is 5.69 Å². The van der Waals surface area contributed by atoms with Gasteiger partial charge in [-0.1, -0.05) is 24.3 Å². The topological polar surface area (TPSA) is 127 Å². The zero-order valence-corrected chi connectivity index (χ0v) is 20.6. The standard InChI is InChI=1S/C29H21N3O7/c1-16(33)39-21-12-10-19(11-13-21)31-28(35)23-24(29(31)36)26(27(34)18-6-8-20(9-7-18)32(37)38)30-15-14-17-4-2-3-5-22(17)25(23)30/h2-15,23-26H,1H3/t23-,24+,25+,26-/m0/s1. The molecule has 3 aliphatic heterocycles. The number of Topliss-reactive ketones (excluding diaryl/α,β-unsaturated/α-hetero) is 1. The number of hydrogen-bond donors (Lipinski definition) is 0. The van der Waals surface area contributed by atoms with Gasteiger partial charge in [-0.25, -0.2) is 4.90 Å². The van der Waals surface area contributed by atoms with E-state index in [-0.39, 0.29) is 17.0 Å². The number of hydrogen-bond acceptors (Lipinski definition) is 8. The summed E-state index contributed by atoms with van der Waals surface area (Å²) in [7, 11) is 0. The van der Waals surface area contributed by atoms with Crippen LogP contribution in [-0.2, 0) is 14.4 Å². The lowest BCUT2D eigenvalue weighted by atomic mass is 9.83. The fourth-order valence-corrected chi connectivity index (χ4v) is 5.86. The zero-order chi connectivity index (χ0) is 27.4. The van der Waals surface area contributed by atoms with E-state index in [1.807, 2.05) is 30.3 Å². The van der Waals surface area contributed by atoms with Crippen LogP contribution in [0.3, 0.4) is 0 Å². The van der Waals surface area contributed by atoms with E-state index in [9.17, 15) is 29.3 Å². The molecule has 0 N–H and O–H groups in total. The number of anilines is 1.